The van der Waals surface area contributed by atoms with Gasteiger partial charge in [0.25, 0.3) is 0 Å². The molecular formula is C23H19Cl3N2O3. The van der Waals surface area contributed by atoms with Crippen molar-refractivity contribution in [2.45, 2.75) is 19.8 Å². The van der Waals surface area contributed by atoms with E-state index >= 15 is 0 Å². The molecule has 0 unspecified atom stereocenters. The molecule has 0 saturated carbocycles. The summed E-state index contributed by atoms with van der Waals surface area (Å²) in [5.74, 6) is 0.412. The van der Waals surface area contributed by atoms with Crippen LogP contribution in [0.5, 0.6) is 11.5 Å². The zero-order valence-corrected chi connectivity index (χ0v) is 18.9. The van der Waals surface area contributed by atoms with Gasteiger partial charge in [0, 0.05) is 0 Å². The molecule has 0 fully saturated rings. The highest BCUT2D eigenvalue weighted by atomic mass is 35.5. The summed E-state index contributed by atoms with van der Waals surface area (Å²) < 4.78 is 11.0. The molecule has 5 nitrogen and oxygen atoms in total. The second kappa shape index (κ2) is 11.1. The average Bonchev–Trinajstić information content (AvgIpc) is 2.77. The maximum Gasteiger partial charge on any atom is 0.343 e. The van der Waals surface area contributed by atoms with Crippen molar-refractivity contribution < 1.29 is 14.3 Å². The van der Waals surface area contributed by atoms with Crippen molar-refractivity contribution in [2.24, 2.45) is 10.2 Å². The van der Waals surface area contributed by atoms with Gasteiger partial charge >= 0.3 is 5.97 Å². The van der Waals surface area contributed by atoms with Gasteiger partial charge < -0.3 is 9.47 Å². The third kappa shape index (κ3) is 6.69. The zero-order valence-electron chi connectivity index (χ0n) is 16.6. The molecule has 0 atom stereocenters. The molecule has 0 aliphatic carbocycles. The summed E-state index contributed by atoms with van der Waals surface area (Å²) in [6.45, 7) is 2.74. The number of hydrogen-bond donors (Lipinski definition) is 0. The second-order valence-electron chi connectivity index (χ2n) is 6.53. The van der Waals surface area contributed by atoms with Crippen molar-refractivity contribution >= 4 is 52.1 Å². The molecule has 0 aliphatic heterocycles. The van der Waals surface area contributed by atoms with Gasteiger partial charge in [-0.15, -0.1) is 0 Å². The van der Waals surface area contributed by atoms with Gasteiger partial charge in [0.2, 0.25) is 0 Å². The lowest BCUT2D eigenvalue weighted by atomic mass is 10.2. The summed E-state index contributed by atoms with van der Waals surface area (Å²) in [6, 6.07) is 16.5. The van der Waals surface area contributed by atoms with Crippen LogP contribution >= 0.6 is 34.8 Å². The molecule has 0 N–H and O–H groups in total. The van der Waals surface area contributed by atoms with Crippen LogP contribution in [0.3, 0.4) is 0 Å². The number of rotatable bonds is 8. The number of hydrogen-bond acceptors (Lipinski definition) is 5. The van der Waals surface area contributed by atoms with Gasteiger partial charge in [0.15, 0.2) is 0 Å². The van der Waals surface area contributed by atoms with Crippen molar-refractivity contribution in [3.63, 3.8) is 0 Å². The molecule has 0 amide bonds. The number of esters is 1. The van der Waals surface area contributed by atoms with E-state index in [9.17, 15) is 4.79 Å². The van der Waals surface area contributed by atoms with Gasteiger partial charge in [0.1, 0.15) is 11.5 Å². The maximum atomic E-state index is 12.4. The van der Waals surface area contributed by atoms with E-state index in [4.69, 9.17) is 44.3 Å². The zero-order chi connectivity index (χ0) is 22.2. The number of carbonyl (C=O) groups is 1. The average molecular weight is 478 g/mol. The van der Waals surface area contributed by atoms with Gasteiger partial charge in [0.05, 0.1) is 38.6 Å². The van der Waals surface area contributed by atoms with Crippen LogP contribution in [0.4, 0.5) is 11.4 Å². The van der Waals surface area contributed by atoms with Crippen LogP contribution in [0.25, 0.3) is 0 Å². The van der Waals surface area contributed by atoms with Gasteiger partial charge in [-0.25, -0.2) is 4.79 Å². The van der Waals surface area contributed by atoms with Crippen molar-refractivity contribution in [1.82, 2.24) is 0 Å². The molecule has 0 saturated heterocycles. The van der Waals surface area contributed by atoms with Crippen LogP contribution in [0.1, 0.15) is 30.1 Å². The van der Waals surface area contributed by atoms with Crippen LogP contribution in [0.15, 0.2) is 70.9 Å². The first kappa shape index (κ1) is 23.1. The van der Waals surface area contributed by atoms with Crippen molar-refractivity contribution in [3.05, 3.63) is 81.3 Å². The molecule has 160 valence electrons. The highest BCUT2D eigenvalue weighted by Gasteiger charge is 2.12. The van der Waals surface area contributed by atoms with E-state index in [1.807, 2.05) is 0 Å². The molecule has 8 heteroatoms. The first-order valence-electron chi connectivity index (χ1n) is 9.57. The molecule has 0 aromatic heterocycles. The minimum atomic E-state index is -0.521. The topological polar surface area (TPSA) is 60.2 Å². The first-order valence-corrected chi connectivity index (χ1v) is 10.7. The van der Waals surface area contributed by atoms with Crippen molar-refractivity contribution in [2.75, 3.05) is 6.61 Å². The monoisotopic (exact) mass is 476 g/mol. The largest absolute Gasteiger partial charge is 0.494 e. The Balaban J connectivity index is 1.63. The molecule has 31 heavy (non-hydrogen) atoms. The van der Waals surface area contributed by atoms with Crippen molar-refractivity contribution in [3.8, 4) is 11.5 Å². The van der Waals surface area contributed by atoms with Crippen LogP contribution in [0.2, 0.25) is 15.1 Å². The Labute approximate surface area is 195 Å². The van der Waals surface area contributed by atoms with E-state index in [0.717, 1.165) is 12.8 Å². The molecule has 0 aliphatic rings. The Morgan fingerprint density at radius 1 is 0.839 bits per heavy atom. The summed E-state index contributed by atoms with van der Waals surface area (Å²) in [4.78, 5) is 12.4. The Kier molecular flexibility index (Phi) is 8.29. The number of carbonyl (C=O) groups excluding carboxylic acids is 1. The summed E-state index contributed by atoms with van der Waals surface area (Å²) >= 11 is 18.1. The number of unbranched alkanes of at least 4 members (excludes halogenated alkanes) is 1. The Bertz CT molecular complexity index is 1090. The molecule has 0 spiro atoms. The van der Waals surface area contributed by atoms with Crippen LogP contribution in [-0.2, 0) is 0 Å². The third-order valence-electron chi connectivity index (χ3n) is 4.16. The number of halogens is 3. The van der Waals surface area contributed by atoms with Crippen LogP contribution in [0, 0.1) is 0 Å². The van der Waals surface area contributed by atoms with Gasteiger partial charge in [-0.3, -0.25) is 0 Å². The van der Waals surface area contributed by atoms with Gasteiger partial charge in [-0.05, 0) is 67.1 Å². The fourth-order valence-corrected chi connectivity index (χ4v) is 2.98. The minimum Gasteiger partial charge on any atom is -0.494 e. The Morgan fingerprint density at radius 3 is 2.10 bits per heavy atom. The Hall–Kier alpha value is -2.60. The van der Waals surface area contributed by atoms with Gasteiger partial charge in [-0.1, -0.05) is 48.1 Å². The van der Waals surface area contributed by atoms with E-state index in [1.165, 1.54) is 0 Å². The maximum absolute atomic E-state index is 12.4. The standard InChI is InChI=1S/C23H19Cl3N2O3/c1-2-3-12-30-18-8-4-15(5-9-18)23(29)31-22-11-7-17(14-21(22)26)28-27-16-6-10-19(24)20(25)13-16/h4-11,13-14H,2-3,12H2,1H3. The lowest BCUT2D eigenvalue weighted by Crippen LogP contribution is -2.08. The molecule has 0 bridgehead atoms. The predicted octanol–water partition coefficient (Wildman–Crippen LogP) is 8.46. The van der Waals surface area contributed by atoms with Crippen LogP contribution in [-0.4, -0.2) is 12.6 Å². The van der Waals surface area contributed by atoms with E-state index < -0.39 is 5.97 Å². The number of nitrogens with zero attached hydrogens (tertiary/aromatic N) is 2. The highest BCUT2D eigenvalue weighted by Crippen LogP contribution is 2.32. The SMILES string of the molecule is CCCCOc1ccc(C(=O)Oc2ccc(N=Nc3ccc(Cl)c(Cl)c3)cc2Cl)cc1. The molecule has 0 radical (unpaired) electrons. The number of azo groups is 1. The highest BCUT2D eigenvalue weighted by molar-refractivity contribution is 6.42. The summed E-state index contributed by atoms with van der Waals surface area (Å²) in [5.41, 5.74) is 1.43. The lowest BCUT2D eigenvalue weighted by Gasteiger charge is -2.08. The van der Waals surface area contributed by atoms with Gasteiger partial charge in [-0.2, -0.15) is 10.2 Å². The predicted molar refractivity (Wildman–Crippen MR) is 124 cm³/mol. The molecule has 3 aromatic rings. The molecule has 3 rings (SSSR count). The number of ether oxygens (including phenoxy) is 2. The lowest BCUT2D eigenvalue weighted by molar-refractivity contribution is 0.0735. The summed E-state index contributed by atoms with van der Waals surface area (Å²) in [6.07, 6.45) is 2.03. The summed E-state index contributed by atoms with van der Waals surface area (Å²) in [5, 5.41) is 9.27. The minimum absolute atomic E-state index is 0.225. The smallest absolute Gasteiger partial charge is 0.343 e. The molecule has 3 aromatic carbocycles. The fourth-order valence-electron chi connectivity index (χ4n) is 2.48. The molecular weight excluding hydrogens is 459 g/mol. The first-order chi connectivity index (χ1) is 15.0. The van der Waals surface area contributed by atoms with Crippen LogP contribution < -0.4 is 9.47 Å². The normalized spacial score (nSPS) is 11.0. The van der Waals surface area contributed by atoms with E-state index in [2.05, 4.69) is 17.2 Å². The van der Waals surface area contributed by atoms with E-state index in [-0.39, 0.29) is 10.8 Å². The third-order valence-corrected chi connectivity index (χ3v) is 5.19. The van der Waals surface area contributed by atoms with Crippen molar-refractivity contribution in [1.29, 1.82) is 0 Å². The van der Waals surface area contributed by atoms with E-state index in [0.29, 0.717) is 39.3 Å². The second-order valence-corrected chi connectivity index (χ2v) is 7.75. The molecule has 0 heterocycles. The number of benzene rings is 3. The quantitative estimate of drug-likeness (QED) is 0.141. The summed E-state index contributed by atoms with van der Waals surface area (Å²) in [7, 11) is 0. The fraction of sp³-hybridized carbons (Fsp3) is 0.174. The Morgan fingerprint density at radius 2 is 1.48 bits per heavy atom. The van der Waals surface area contributed by atoms with E-state index in [1.54, 1.807) is 60.7 Å².